The van der Waals surface area contributed by atoms with Gasteiger partial charge < -0.3 is 5.32 Å². The zero-order valence-corrected chi connectivity index (χ0v) is 17.2. The van der Waals surface area contributed by atoms with Gasteiger partial charge in [0.25, 0.3) is 5.91 Å². The van der Waals surface area contributed by atoms with Gasteiger partial charge in [0, 0.05) is 12.2 Å². The fourth-order valence-electron chi connectivity index (χ4n) is 3.04. The van der Waals surface area contributed by atoms with E-state index in [1.54, 1.807) is 15.6 Å². The summed E-state index contributed by atoms with van der Waals surface area (Å²) in [5, 5.41) is 15.6. The lowest BCUT2D eigenvalue weighted by Crippen LogP contribution is -2.15. The van der Waals surface area contributed by atoms with Crippen LogP contribution in [0.3, 0.4) is 0 Å². The van der Waals surface area contributed by atoms with E-state index < -0.39 is 0 Å². The van der Waals surface area contributed by atoms with Crippen molar-refractivity contribution >= 4 is 11.6 Å². The molecule has 0 bridgehead atoms. The Morgan fingerprint density at radius 1 is 1.21 bits per heavy atom. The Morgan fingerprint density at radius 3 is 2.64 bits per heavy atom. The molecule has 0 saturated carbocycles. The van der Waals surface area contributed by atoms with E-state index in [1.165, 1.54) is 5.56 Å². The summed E-state index contributed by atoms with van der Waals surface area (Å²) in [5.41, 5.74) is 3.97. The van der Waals surface area contributed by atoms with Crippen molar-refractivity contribution in [3.8, 4) is 5.69 Å². The second kappa shape index (κ2) is 8.37. The van der Waals surface area contributed by atoms with E-state index >= 15 is 0 Å². The fourth-order valence-corrected chi connectivity index (χ4v) is 3.04. The van der Waals surface area contributed by atoms with Gasteiger partial charge in [0.2, 0.25) is 0 Å². The average molecular weight is 380 g/mol. The molecule has 7 heteroatoms. The van der Waals surface area contributed by atoms with Gasteiger partial charge in [0.1, 0.15) is 0 Å². The average Bonchev–Trinajstić information content (AvgIpc) is 3.29. The third-order valence-corrected chi connectivity index (χ3v) is 4.63. The van der Waals surface area contributed by atoms with Gasteiger partial charge >= 0.3 is 0 Å². The number of benzene rings is 1. The topological polar surface area (TPSA) is 77.6 Å². The first-order valence-corrected chi connectivity index (χ1v) is 9.81. The van der Waals surface area contributed by atoms with Crippen molar-refractivity contribution in [1.29, 1.82) is 0 Å². The first kappa shape index (κ1) is 19.8. The number of amides is 1. The van der Waals surface area contributed by atoms with Crippen molar-refractivity contribution in [2.75, 3.05) is 5.32 Å². The molecule has 2 aromatic heterocycles. The largest absolute Gasteiger partial charge is 0.318 e. The maximum absolute atomic E-state index is 12.8. The van der Waals surface area contributed by atoms with E-state index in [1.807, 2.05) is 32.2 Å². The lowest BCUT2D eigenvalue weighted by atomic mass is 10.0. The fraction of sp³-hybridized carbons (Fsp3) is 0.429. The molecule has 1 N–H and O–H groups in total. The number of anilines is 1. The number of aromatic nitrogens is 5. The third kappa shape index (κ3) is 4.13. The van der Waals surface area contributed by atoms with Crippen LogP contribution >= 0.6 is 0 Å². The summed E-state index contributed by atoms with van der Waals surface area (Å²) >= 11 is 0. The van der Waals surface area contributed by atoms with E-state index in [9.17, 15) is 4.79 Å². The molecule has 0 radical (unpaired) electrons. The highest BCUT2D eigenvalue weighted by Crippen LogP contribution is 2.21. The quantitative estimate of drug-likeness (QED) is 0.660. The molecule has 0 spiro atoms. The van der Waals surface area contributed by atoms with Crippen molar-refractivity contribution in [2.24, 2.45) is 0 Å². The summed E-state index contributed by atoms with van der Waals surface area (Å²) in [6.07, 6.45) is 5.07. The van der Waals surface area contributed by atoms with E-state index in [0.29, 0.717) is 23.7 Å². The van der Waals surface area contributed by atoms with Gasteiger partial charge in [0.15, 0.2) is 5.69 Å². The molecule has 3 rings (SSSR count). The lowest BCUT2D eigenvalue weighted by molar-refractivity contribution is 0.102. The van der Waals surface area contributed by atoms with Crippen molar-refractivity contribution in [1.82, 2.24) is 24.8 Å². The van der Waals surface area contributed by atoms with E-state index in [0.717, 1.165) is 17.8 Å². The SMILES string of the molecule is CCCc1c(C(=O)Nc2cnn(C(C)C)c2)nnn1-c1cccc(C(C)C)c1. The first-order chi connectivity index (χ1) is 13.4. The molecule has 0 saturated heterocycles. The van der Waals surface area contributed by atoms with Gasteiger partial charge in [-0.3, -0.25) is 9.48 Å². The molecule has 0 aliphatic carbocycles. The molecular weight excluding hydrogens is 352 g/mol. The number of hydrogen-bond donors (Lipinski definition) is 1. The first-order valence-electron chi connectivity index (χ1n) is 9.81. The Kier molecular flexibility index (Phi) is 5.92. The third-order valence-electron chi connectivity index (χ3n) is 4.63. The Balaban J connectivity index is 1.91. The minimum Gasteiger partial charge on any atom is -0.318 e. The highest BCUT2D eigenvalue weighted by molar-refractivity contribution is 6.03. The molecule has 0 unspecified atom stereocenters. The Bertz CT molecular complexity index is 953. The Morgan fingerprint density at radius 2 is 2.00 bits per heavy atom. The number of nitrogens with zero attached hydrogens (tertiary/aromatic N) is 5. The monoisotopic (exact) mass is 380 g/mol. The molecule has 1 aromatic carbocycles. The number of nitrogens with one attached hydrogen (secondary N) is 1. The standard InChI is InChI=1S/C21H28N6O/c1-6-8-19-20(21(28)23-17-12-22-26(13-17)15(4)5)24-25-27(19)18-10-7-9-16(11-18)14(2)3/h7,9-15H,6,8H2,1-5H3,(H,23,28). The zero-order valence-electron chi connectivity index (χ0n) is 17.2. The van der Waals surface area contributed by atoms with Gasteiger partial charge in [-0.15, -0.1) is 5.10 Å². The van der Waals surface area contributed by atoms with E-state index in [-0.39, 0.29) is 11.9 Å². The summed E-state index contributed by atoms with van der Waals surface area (Å²) in [6.45, 7) is 10.5. The summed E-state index contributed by atoms with van der Waals surface area (Å²) < 4.78 is 3.58. The maximum atomic E-state index is 12.8. The summed E-state index contributed by atoms with van der Waals surface area (Å²) in [7, 11) is 0. The van der Waals surface area contributed by atoms with Crippen molar-refractivity contribution in [3.63, 3.8) is 0 Å². The van der Waals surface area contributed by atoms with Gasteiger partial charge in [-0.1, -0.05) is 44.5 Å². The predicted octanol–water partition coefficient (Wildman–Crippen LogP) is 4.37. The van der Waals surface area contributed by atoms with Crippen LogP contribution in [0.25, 0.3) is 5.69 Å². The smallest absolute Gasteiger partial charge is 0.278 e. The molecule has 0 aliphatic heterocycles. The van der Waals surface area contributed by atoms with E-state index in [4.69, 9.17) is 0 Å². The van der Waals surface area contributed by atoms with Crippen LogP contribution in [0.15, 0.2) is 36.7 Å². The summed E-state index contributed by atoms with van der Waals surface area (Å²) in [4.78, 5) is 12.8. The van der Waals surface area contributed by atoms with Crippen LogP contribution in [0.2, 0.25) is 0 Å². The van der Waals surface area contributed by atoms with Crippen LogP contribution in [-0.2, 0) is 6.42 Å². The molecule has 7 nitrogen and oxygen atoms in total. The minimum absolute atomic E-state index is 0.232. The molecule has 1 amide bonds. The minimum atomic E-state index is -0.266. The van der Waals surface area contributed by atoms with Crippen LogP contribution in [0.4, 0.5) is 5.69 Å². The molecule has 2 heterocycles. The number of hydrogen-bond acceptors (Lipinski definition) is 4. The van der Waals surface area contributed by atoms with Crippen molar-refractivity contribution < 1.29 is 4.79 Å². The molecule has 28 heavy (non-hydrogen) atoms. The zero-order chi connectivity index (χ0) is 20.3. The molecule has 148 valence electrons. The van der Waals surface area contributed by atoms with Crippen LogP contribution in [0.5, 0.6) is 0 Å². The summed E-state index contributed by atoms with van der Waals surface area (Å²) in [6, 6.07) is 8.45. The molecule has 0 aliphatic rings. The Labute approximate surface area is 165 Å². The van der Waals surface area contributed by atoms with Crippen molar-refractivity contribution in [2.45, 2.75) is 59.4 Å². The lowest BCUT2D eigenvalue weighted by Gasteiger charge is -2.10. The van der Waals surface area contributed by atoms with Crippen LogP contribution in [-0.4, -0.2) is 30.7 Å². The van der Waals surface area contributed by atoms with Crippen LogP contribution < -0.4 is 5.32 Å². The molecule has 0 atom stereocenters. The second-order valence-electron chi connectivity index (χ2n) is 7.55. The normalized spacial score (nSPS) is 11.4. The number of carbonyl (C=O) groups excluding carboxylic acids is 1. The van der Waals surface area contributed by atoms with Crippen LogP contribution in [0.1, 0.15) is 74.7 Å². The predicted molar refractivity (Wildman–Crippen MR) is 110 cm³/mol. The highest BCUT2D eigenvalue weighted by Gasteiger charge is 2.21. The highest BCUT2D eigenvalue weighted by atomic mass is 16.2. The second-order valence-corrected chi connectivity index (χ2v) is 7.55. The van der Waals surface area contributed by atoms with Gasteiger partial charge in [-0.05, 0) is 43.9 Å². The van der Waals surface area contributed by atoms with Crippen molar-refractivity contribution in [3.05, 3.63) is 53.6 Å². The maximum Gasteiger partial charge on any atom is 0.278 e. The van der Waals surface area contributed by atoms with Gasteiger partial charge in [-0.25, -0.2) is 4.68 Å². The van der Waals surface area contributed by atoms with Crippen LogP contribution in [0, 0.1) is 0 Å². The molecule has 3 aromatic rings. The summed E-state index contributed by atoms with van der Waals surface area (Å²) in [5.74, 6) is 0.149. The molecule has 0 fully saturated rings. The molecular formula is C21H28N6O. The van der Waals surface area contributed by atoms with Gasteiger partial charge in [-0.2, -0.15) is 5.10 Å². The van der Waals surface area contributed by atoms with Gasteiger partial charge in [0.05, 0.1) is 23.3 Å². The number of rotatable bonds is 7. The number of carbonyl (C=O) groups is 1. The Hall–Kier alpha value is -2.96. The van der Waals surface area contributed by atoms with E-state index in [2.05, 4.69) is 53.6 Å².